The second-order valence-corrected chi connectivity index (χ2v) is 5.76. The van der Waals surface area contributed by atoms with Gasteiger partial charge in [-0.3, -0.25) is 4.40 Å². The third-order valence-electron chi connectivity index (χ3n) is 3.54. The van der Waals surface area contributed by atoms with Crippen LogP contribution in [0, 0.1) is 25.2 Å². The lowest BCUT2D eigenvalue weighted by molar-refractivity contribution is 0.412. The molecule has 0 saturated carbocycles. The summed E-state index contributed by atoms with van der Waals surface area (Å²) in [5.41, 5.74) is 5.04. The molecule has 21 heavy (non-hydrogen) atoms. The maximum atomic E-state index is 9.13. The van der Waals surface area contributed by atoms with Gasteiger partial charge in [-0.2, -0.15) is 5.26 Å². The van der Waals surface area contributed by atoms with Crippen LogP contribution in [0.15, 0.2) is 23.6 Å². The first-order valence-corrected chi connectivity index (χ1v) is 7.51. The largest absolute Gasteiger partial charge is 0.496 e. The first-order chi connectivity index (χ1) is 10.2. The van der Waals surface area contributed by atoms with Crippen molar-refractivity contribution in [2.75, 3.05) is 7.11 Å². The van der Waals surface area contributed by atoms with Gasteiger partial charge in [-0.25, -0.2) is 4.98 Å². The molecule has 2 aromatic heterocycles. The Morgan fingerprint density at radius 1 is 1.38 bits per heavy atom. The van der Waals surface area contributed by atoms with E-state index in [2.05, 4.69) is 21.9 Å². The molecule has 1 aromatic carbocycles. The summed E-state index contributed by atoms with van der Waals surface area (Å²) >= 11 is 1.60. The molecule has 0 unspecified atom stereocenters. The minimum Gasteiger partial charge on any atom is -0.496 e. The van der Waals surface area contributed by atoms with Gasteiger partial charge in [0, 0.05) is 16.6 Å². The van der Waals surface area contributed by atoms with Crippen LogP contribution in [0.4, 0.5) is 0 Å². The molecule has 0 spiro atoms. The van der Waals surface area contributed by atoms with Crippen LogP contribution in [-0.2, 0) is 6.42 Å². The predicted molar refractivity (Wildman–Crippen MR) is 83.8 cm³/mol. The molecule has 0 saturated heterocycles. The summed E-state index contributed by atoms with van der Waals surface area (Å²) < 4.78 is 7.37. The van der Waals surface area contributed by atoms with E-state index < -0.39 is 0 Å². The Balaban J connectivity index is 2.22. The summed E-state index contributed by atoms with van der Waals surface area (Å²) in [6.07, 6.45) is 0.346. The number of imidazole rings is 1. The zero-order valence-electron chi connectivity index (χ0n) is 12.2. The highest BCUT2D eigenvalue weighted by Gasteiger charge is 2.17. The van der Waals surface area contributed by atoms with Gasteiger partial charge < -0.3 is 4.74 Å². The van der Waals surface area contributed by atoms with Crippen molar-refractivity contribution in [3.8, 4) is 23.1 Å². The topological polar surface area (TPSA) is 50.3 Å². The number of thiazole rings is 1. The van der Waals surface area contributed by atoms with Crippen LogP contribution in [0.1, 0.15) is 17.0 Å². The molecule has 0 N–H and O–H groups in total. The van der Waals surface area contributed by atoms with Crippen LogP contribution in [0.3, 0.4) is 0 Å². The van der Waals surface area contributed by atoms with Crippen LogP contribution in [0.2, 0.25) is 0 Å². The van der Waals surface area contributed by atoms with E-state index in [0.29, 0.717) is 6.42 Å². The van der Waals surface area contributed by atoms with E-state index in [0.717, 1.165) is 38.9 Å². The highest BCUT2D eigenvalue weighted by Crippen LogP contribution is 2.31. The number of nitriles is 1. The number of nitrogens with zero attached hydrogens (tertiary/aromatic N) is 3. The minimum atomic E-state index is 0.346. The lowest BCUT2D eigenvalue weighted by atomic mass is 10.1. The van der Waals surface area contributed by atoms with E-state index in [1.165, 1.54) is 0 Å². The molecule has 106 valence electrons. The summed E-state index contributed by atoms with van der Waals surface area (Å²) in [4.78, 5) is 5.64. The highest BCUT2D eigenvalue weighted by atomic mass is 32.1. The van der Waals surface area contributed by atoms with Crippen LogP contribution >= 0.6 is 11.3 Å². The maximum Gasteiger partial charge on any atom is 0.194 e. The second-order valence-electron chi connectivity index (χ2n) is 4.92. The average Bonchev–Trinajstić information content (AvgIpc) is 3.01. The smallest absolute Gasteiger partial charge is 0.194 e. The van der Waals surface area contributed by atoms with Crippen LogP contribution in [-0.4, -0.2) is 16.5 Å². The third kappa shape index (κ3) is 2.18. The number of aryl methyl sites for hydroxylation is 2. The minimum absolute atomic E-state index is 0.346. The Morgan fingerprint density at radius 3 is 2.86 bits per heavy atom. The monoisotopic (exact) mass is 297 g/mol. The van der Waals surface area contributed by atoms with Crippen molar-refractivity contribution in [1.29, 1.82) is 5.26 Å². The Morgan fingerprint density at radius 2 is 2.19 bits per heavy atom. The Labute approximate surface area is 127 Å². The van der Waals surface area contributed by atoms with E-state index >= 15 is 0 Å². The van der Waals surface area contributed by atoms with E-state index in [9.17, 15) is 0 Å². The first kappa shape index (κ1) is 13.7. The van der Waals surface area contributed by atoms with Gasteiger partial charge in [-0.1, -0.05) is 0 Å². The molecule has 4 nitrogen and oxygen atoms in total. The zero-order chi connectivity index (χ0) is 15.0. The molecule has 5 heteroatoms. The van der Waals surface area contributed by atoms with Crippen LogP contribution < -0.4 is 4.74 Å². The molecule has 0 atom stereocenters. The molecule has 0 fully saturated rings. The van der Waals surface area contributed by atoms with Crippen molar-refractivity contribution in [2.24, 2.45) is 0 Å². The lowest BCUT2D eigenvalue weighted by Crippen LogP contribution is -1.95. The lowest BCUT2D eigenvalue weighted by Gasteiger charge is -2.07. The van der Waals surface area contributed by atoms with Crippen molar-refractivity contribution in [1.82, 2.24) is 9.38 Å². The molecule has 3 rings (SSSR count). The molecule has 0 amide bonds. The summed E-state index contributed by atoms with van der Waals surface area (Å²) in [5.74, 6) is 0.859. The number of ether oxygens (including phenoxy) is 1. The van der Waals surface area contributed by atoms with Crippen molar-refractivity contribution in [2.45, 2.75) is 20.3 Å². The van der Waals surface area contributed by atoms with Crippen molar-refractivity contribution >= 4 is 16.3 Å². The van der Waals surface area contributed by atoms with Crippen LogP contribution in [0.25, 0.3) is 16.2 Å². The van der Waals surface area contributed by atoms with Gasteiger partial charge >= 0.3 is 0 Å². The fourth-order valence-electron chi connectivity index (χ4n) is 2.56. The third-order valence-corrected chi connectivity index (χ3v) is 4.49. The van der Waals surface area contributed by atoms with Gasteiger partial charge in [-0.15, -0.1) is 11.3 Å². The molecule has 0 bridgehead atoms. The summed E-state index contributed by atoms with van der Waals surface area (Å²) in [7, 11) is 1.67. The number of benzene rings is 1. The van der Waals surface area contributed by atoms with Gasteiger partial charge in [0.15, 0.2) is 4.96 Å². The van der Waals surface area contributed by atoms with E-state index in [1.807, 2.05) is 26.0 Å². The Kier molecular flexibility index (Phi) is 3.40. The standard InChI is InChI=1S/C16H15N3OS/c1-10-8-12(4-5-14(10)20-3)15-13(6-7-17)19-11(2)9-21-16(19)18-15/h4-5,8-9H,6H2,1-3H3. The first-order valence-electron chi connectivity index (χ1n) is 6.63. The number of methoxy groups -OCH3 is 1. The van der Waals surface area contributed by atoms with Crippen molar-refractivity contribution < 1.29 is 4.74 Å². The zero-order valence-corrected chi connectivity index (χ0v) is 13.0. The van der Waals surface area contributed by atoms with Gasteiger partial charge in [-0.05, 0) is 37.6 Å². The highest BCUT2D eigenvalue weighted by molar-refractivity contribution is 7.15. The molecular weight excluding hydrogens is 282 g/mol. The molecule has 3 aromatic rings. The molecule has 0 aliphatic heterocycles. The SMILES string of the molecule is COc1ccc(-c2nc3scc(C)n3c2CC#N)cc1C. The summed E-state index contributed by atoms with van der Waals surface area (Å²) in [6.45, 7) is 4.05. The number of hydrogen-bond donors (Lipinski definition) is 0. The number of rotatable bonds is 3. The molecule has 0 aliphatic rings. The van der Waals surface area contributed by atoms with Gasteiger partial charge in [0.05, 0.1) is 31.0 Å². The molecule has 0 aliphatic carbocycles. The maximum absolute atomic E-state index is 9.13. The predicted octanol–water partition coefficient (Wildman–Crippen LogP) is 3.75. The second kappa shape index (κ2) is 5.23. The van der Waals surface area contributed by atoms with E-state index in [-0.39, 0.29) is 0 Å². The quantitative estimate of drug-likeness (QED) is 0.739. The van der Waals surface area contributed by atoms with E-state index in [4.69, 9.17) is 15.0 Å². The van der Waals surface area contributed by atoms with Gasteiger partial charge in [0.1, 0.15) is 5.75 Å². The number of aromatic nitrogens is 2. The Hall–Kier alpha value is -2.32. The molecule has 2 heterocycles. The number of hydrogen-bond acceptors (Lipinski definition) is 4. The molecule has 0 radical (unpaired) electrons. The van der Waals surface area contributed by atoms with Crippen LogP contribution in [0.5, 0.6) is 5.75 Å². The normalized spacial score (nSPS) is 10.8. The fraction of sp³-hybridized carbons (Fsp3) is 0.250. The Bertz CT molecular complexity index is 854. The summed E-state index contributed by atoms with van der Waals surface area (Å²) in [5, 5.41) is 11.2. The fourth-order valence-corrected chi connectivity index (χ4v) is 3.44. The van der Waals surface area contributed by atoms with E-state index in [1.54, 1.807) is 18.4 Å². The van der Waals surface area contributed by atoms with Gasteiger partial charge in [0.2, 0.25) is 0 Å². The van der Waals surface area contributed by atoms with Crippen molar-refractivity contribution in [3.05, 3.63) is 40.5 Å². The molecular formula is C16H15N3OS. The van der Waals surface area contributed by atoms with Crippen molar-refractivity contribution in [3.63, 3.8) is 0 Å². The average molecular weight is 297 g/mol. The number of fused-ring (bicyclic) bond motifs is 1. The summed E-state index contributed by atoms with van der Waals surface area (Å²) in [6, 6.07) is 8.24. The van der Waals surface area contributed by atoms with Gasteiger partial charge in [0.25, 0.3) is 0 Å².